The minimum atomic E-state index is -5.10. The molecular weight excluding hydrogens is 676 g/mol. The second-order valence-electron chi connectivity index (χ2n) is 5.48. The first-order valence-corrected chi connectivity index (χ1v) is 10.3. The Morgan fingerprint density at radius 1 is 0.514 bits per heavy atom. The number of rotatable bonds is 6. The molecule has 0 aliphatic rings. The van der Waals surface area contributed by atoms with E-state index in [1.165, 1.54) is 0 Å². The van der Waals surface area contributed by atoms with Gasteiger partial charge in [0.05, 0.1) is 33.7 Å². The zero-order valence-electron chi connectivity index (χ0n) is 17.1. The molecule has 0 heterocycles. The van der Waals surface area contributed by atoms with Crippen molar-refractivity contribution in [1.29, 1.82) is 0 Å². The molecule has 35 heavy (non-hydrogen) atoms. The van der Waals surface area contributed by atoms with E-state index in [9.17, 15) is 65.5 Å². The Hall–Kier alpha value is -1.99. The molecule has 0 saturated heterocycles. The standard InChI is InChI=1S/2C8H6O7S.3Zn/c2*9-7(10)4-1-2-5(8(11)12)6(3-4)16(13,14)15;;;/h2*1-3H,(H,9,10)(H,11,12)(H,13,14,15);;;/q;;3*+2/p-6. The van der Waals surface area contributed by atoms with Gasteiger partial charge in [0.25, 0.3) is 0 Å². The Balaban J connectivity index is -0.000000539. The molecule has 0 N–H and O–H groups in total. The first-order chi connectivity index (χ1) is 14.5. The van der Waals surface area contributed by atoms with E-state index in [0.29, 0.717) is 24.3 Å². The van der Waals surface area contributed by atoms with Crippen LogP contribution in [0.25, 0.3) is 0 Å². The van der Waals surface area contributed by atoms with E-state index >= 15 is 0 Å². The Labute approximate surface area is 235 Å². The molecule has 0 atom stereocenters. The molecule has 0 aromatic heterocycles. The maximum Gasteiger partial charge on any atom is 2.00 e. The monoisotopic (exact) mass is 678 g/mol. The summed E-state index contributed by atoms with van der Waals surface area (Å²) in [6.07, 6.45) is 0. The summed E-state index contributed by atoms with van der Waals surface area (Å²) in [6, 6.07) is 3.76. The van der Waals surface area contributed by atoms with Gasteiger partial charge >= 0.3 is 58.4 Å². The number of hydrogen-bond donors (Lipinski definition) is 0. The first kappa shape index (κ1) is 37.6. The molecule has 0 unspecified atom stereocenters. The molecule has 0 amide bonds. The van der Waals surface area contributed by atoms with Crippen molar-refractivity contribution >= 4 is 44.1 Å². The van der Waals surface area contributed by atoms with Crippen LogP contribution in [0, 0.1) is 0 Å². The fourth-order valence-corrected chi connectivity index (χ4v) is 3.43. The molecule has 0 aliphatic heterocycles. The van der Waals surface area contributed by atoms with Gasteiger partial charge in [-0.15, -0.1) is 0 Å². The van der Waals surface area contributed by atoms with Gasteiger partial charge in [0, 0.05) is 11.1 Å². The van der Waals surface area contributed by atoms with Gasteiger partial charge in [0.15, 0.2) is 0 Å². The van der Waals surface area contributed by atoms with Crippen LogP contribution in [0.15, 0.2) is 46.2 Å². The van der Waals surface area contributed by atoms with Gasteiger partial charge in [-0.25, -0.2) is 16.8 Å². The Morgan fingerprint density at radius 2 is 0.771 bits per heavy atom. The summed E-state index contributed by atoms with van der Waals surface area (Å²) in [5.74, 6) is -7.23. The van der Waals surface area contributed by atoms with Gasteiger partial charge in [0.1, 0.15) is 20.2 Å². The van der Waals surface area contributed by atoms with Crippen LogP contribution < -0.4 is 20.4 Å². The molecule has 0 spiro atoms. The topological polar surface area (TPSA) is 275 Å². The number of hydrogen-bond acceptors (Lipinski definition) is 14. The zero-order chi connectivity index (χ0) is 25.0. The summed E-state index contributed by atoms with van der Waals surface area (Å²) in [6.45, 7) is 0. The van der Waals surface area contributed by atoms with E-state index < -0.39 is 76.2 Å². The summed E-state index contributed by atoms with van der Waals surface area (Å²) in [7, 11) is -10.2. The normalized spacial score (nSPS) is 10.1. The number of carbonyl (C=O) groups excluding carboxylic acids is 4. The molecule has 0 saturated carbocycles. The van der Waals surface area contributed by atoms with E-state index in [1.807, 2.05) is 0 Å². The Bertz CT molecular complexity index is 1230. The van der Waals surface area contributed by atoms with Crippen LogP contribution in [-0.4, -0.2) is 49.8 Å². The van der Waals surface area contributed by atoms with Crippen LogP contribution in [0.2, 0.25) is 0 Å². The Kier molecular flexibility index (Phi) is 15.6. The van der Waals surface area contributed by atoms with Gasteiger partial charge in [-0.2, -0.15) is 0 Å². The number of carboxylic acids is 4. The SMILES string of the molecule is O=C([O-])c1ccc(C(=O)[O-])c(S(=O)(=O)[O-])c1.O=C([O-])c1ccc(C(=O)[O-])c(S(=O)(=O)[O-])c1.[Zn+2].[Zn+2].[Zn+2]. The summed E-state index contributed by atoms with van der Waals surface area (Å²) >= 11 is 0. The van der Waals surface area contributed by atoms with E-state index in [2.05, 4.69) is 0 Å². The minimum absolute atomic E-state index is 0. The summed E-state index contributed by atoms with van der Waals surface area (Å²) in [5.41, 5.74) is -3.00. The average molecular weight is 683 g/mol. The molecule has 0 bridgehead atoms. The smallest absolute Gasteiger partial charge is 0.744 e. The third-order valence-corrected chi connectivity index (χ3v) is 5.17. The van der Waals surface area contributed by atoms with E-state index in [1.54, 1.807) is 0 Å². The maximum absolute atomic E-state index is 10.7. The van der Waals surface area contributed by atoms with Crippen molar-refractivity contribution in [3.05, 3.63) is 58.7 Å². The van der Waals surface area contributed by atoms with Crippen LogP contribution in [0.1, 0.15) is 41.4 Å². The molecule has 2 rings (SSSR count). The molecule has 0 aliphatic carbocycles. The second kappa shape index (κ2) is 14.5. The molecule has 2 aromatic carbocycles. The van der Waals surface area contributed by atoms with Crippen LogP contribution in [0.3, 0.4) is 0 Å². The maximum atomic E-state index is 10.7. The van der Waals surface area contributed by atoms with E-state index in [-0.39, 0.29) is 58.4 Å². The fraction of sp³-hybridized carbons (Fsp3) is 0. The second-order valence-corrected chi connectivity index (χ2v) is 8.18. The van der Waals surface area contributed by atoms with E-state index in [0.717, 1.165) is 12.1 Å². The predicted octanol–water partition coefficient (Wildman–Crippen LogP) is -5.37. The summed E-state index contributed by atoms with van der Waals surface area (Å²) in [4.78, 5) is 39.4. The Morgan fingerprint density at radius 3 is 0.943 bits per heavy atom. The van der Waals surface area contributed by atoms with Crippen LogP contribution in [-0.2, 0) is 78.7 Å². The van der Waals surface area contributed by atoms with Crippen LogP contribution in [0.5, 0.6) is 0 Å². The molecule has 2 aromatic rings. The summed E-state index contributed by atoms with van der Waals surface area (Å²) < 4.78 is 64.0. The van der Waals surface area contributed by atoms with Crippen molar-refractivity contribution < 1.29 is 124 Å². The van der Waals surface area contributed by atoms with Crippen molar-refractivity contribution in [3.63, 3.8) is 0 Å². The average Bonchev–Trinajstić information content (AvgIpc) is 2.65. The van der Waals surface area contributed by atoms with Crippen molar-refractivity contribution in [2.24, 2.45) is 0 Å². The number of benzene rings is 2. The molecule has 0 fully saturated rings. The number of aromatic carboxylic acids is 4. The molecule has 172 valence electrons. The van der Waals surface area contributed by atoms with Crippen molar-refractivity contribution in [2.45, 2.75) is 9.79 Å². The quantitative estimate of drug-likeness (QED) is 0.203. The van der Waals surface area contributed by atoms with Gasteiger partial charge in [-0.1, -0.05) is 24.3 Å². The van der Waals surface area contributed by atoms with Gasteiger partial charge in [-0.05, 0) is 23.3 Å². The minimum Gasteiger partial charge on any atom is -0.744 e. The van der Waals surface area contributed by atoms with Gasteiger partial charge in [0.2, 0.25) is 0 Å². The predicted molar refractivity (Wildman–Crippen MR) is 86.1 cm³/mol. The fourth-order valence-electron chi connectivity index (χ4n) is 2.05. The third kappa shape index (κ3) is 10.7. The van der Waals surface area contributed by atoms with Crippen molar-refractivity contribution in [3.8, 4) is 0 Å². The number of carboxylic acid groups (broad SMARTS) is 4. The molecule has 0 radical (unpaired) electrons. The third-order valence-electron chi connectivity index (χ3n) is 3.41. The van der Waals surface area contributed by atoms with Gasteiger partial charge < -0.3 is 48.7 Å². The van der Waals surface area contributed by atoms with Crippen molar-refractivity contribution in [2.75, 3.05) is 0 Å². The first-order valence-electron chi connectivity index (χ1n) is 7.52. The molecular formula is C16H6O14S2Zn3. The summed E-state index contributed by atoms with van der Waals surface area (Å²) in [5, 5.41) is 41.7. The largest absolute Gasteiger partial charge is 2.00 e. The van der Waals surface area contributed by atoms with Crippen LogP contribution in [0.4, 0.5) is 0 Å². The molecule has 19 heteroatoms. The molecule has 14 nitrogen and oxygen atoms in total. The van der Waals surface area contributed by atoms with Crippen molar-refractivity contribution in [1.82, 2.24) is 0 Å². The van der Waals surface area contributed by atoms with Crippen LogP contribution >= 0.6 is 0 Å². The number of carbonyl (C=O) groups is 4. The van der Waals surface area contributed by atoms with Gasteiger partial charge in [-0.3, -0.25) is 0 Å². The van der Waals surface area contributed by atoms with E-state index in [4.69, 9.17) is 0 Å². The zero-order valence-corrected chi connectivity index (χ0v) is 27.7.